The van der Waals surface area contributed by atoms with E-state index in [0.717, 1.165) is 6.42 Å². The van der Waals surface area contributed by atoms with Crippen molar-refractivity contribution in [2.24, 2.45) is 5.92 Å². The summed E-state index contributed by atoms with van der Waals surface area (Å²) in [7, 11) is 1.70. The van der Waals surface area contributed by atoms with E-state index in [1.165, 1.54) is 0 Å². The molecular formula is C17H26ClN4O3+. The maximum atomic E-state index is 12.0. The molecule has 138 valence electrons. The number of nitrogens with one attached hydrogen (secondary N) is 4. The number of anilines is 1. The van der Waals surface area contributed by atoms with E-state index in [-0.39, 0.29) is 19.0 Å². The fourth-order valence-electron chi connectivity index (χ4n) is 2.06. The highest BCUT2D eigenvalue weighted by molar-refractivity contribution is 6.33. The molecule has 8 heteroatoms. The number of imide groups is 1. The van der Waals surface area contributed by atoms with Crippen LogP contribution in [0.25, 0.3) is 0 Å². The van der Waals surface area contributed by atoms with Crippen LogP contribution < -0.4 is 20.9 Å². The molecule has 25 heavy (non-hydrogen) atoms. The molecule has 1 atom stereocenters. The van der Waals surface area contributed by atoms with Crippen LogP contribution >= 0.6 is 11.6 Å². The molecule has 7 nitrogen and oxygen atoms in total. The minimum Gasteiger partial charge on any atom is -0.338 e. The number of carbonyl (C=O) groups is 3. The highest BCUT2D eigenvalue weighted by Crippen LogP contribution is 2.19. The van der Waals surface area contributed by atoms with Crippen molar-refractivity contribution in [2.75, 3.05) is 32.0 Å². The Morgan fingerprint density at radius 1 is 1.12 bits per heavy atom. The fraction of sp³-hybridized carbons (Fsp3) is 0.471. The van der Waals surface area contributed by atoms with Crippen LogP contribution in [0.5, 0.6) is 0 Å². The molecule has 0 radical (unpaired) electrons. The van der Waals surface area contributed by atoms with Crippen LogP contribution in [0.1, 0.15) is 20.3 Å². The van der Waals surface area contributed by atoms with Gasteiger partial charge < -0.3 is 15.5 Å². The standard InChI is InChI=1S/C17H25ClN4O3/c1-12(2)8-9-19-17(25)21-16(24)11-22(3)10-15(23)20-14-7-5-4-6-13(14)18/h4-7,12H,8-11H2,1-3H3,(H,20,23)(H2,19,21,24,25)/p+1. The number of halogens is 1. The Labute approximate surface area is 153 Å². The Morgan fingerprint density at radius 2 is 1.76 bits per heavy atom. The van der Waals surface area contributed by atoms with Crippen molar-refractivity contribution < 1.29 is 19.3 Å². The predicted octanol–water partition coefficient (Wildman–Crippen LogP) is 0.665. The van der Waals surface area contributed by atoms with Crippen molar-refractivity contribution >= 4 is 35.1 Å². The molecule has 0 bridgehead atoms. The predicted molar refractivity (Wildman–Crippen MR) is 97.7 cm³/mol. The quantitative estimate of drug-likeness (QED) is 0.542. The van der Waals surface area contributed by atoms with Gasteiger partial charge in [0.1, 0.15) is 0 Å². The summed E-state index contributed by atoms with van der Waals surface area (Å²) in [5.41, 5.74) is 0.524. The molecule has 1 aromatic carbocycles. The van der Waals surface area contributed by atoms with E-state index in [4.69, 9.17) is 11.6 Å². The summed E-state index contributed by atoms with van der Waals surface area (Å²) < 4.78 is 0. The van der Waals surface area contributed by atoms with Gasteiger partial charge in [0.15, 0.2) is 13.1 Å². The van der Waals surface area contributed by atoms with E-state index in [1.54, 1.807) is 31.3 Å². The van der Waals surface area contributed by atoms with E-state index in [9.17, 15) is 14.4 Å². The SMILES string of the molecule is CC(C)CCNC(=O)NC(=O)C[NH+](C)CC(=O)Nc1ccccc1Cl. The maximum Gasteiger partial charge on any atom is 0.321 e. The molecular weight excluding hydrogens is 344 g/mol. The number of hydrogen-bond acceptors (Lipinski definition) is 3. The van der Waals surface area contributed by atoms with Gasteiger partial charge in [-0.2, -0.15) is 0 Å². The van der Waals surface area contributed by atoms with Gasteiger partial charge in [0.2, 0.25) is 0 Å². The maximum absolute atomic E-state index is 12.0. The van der Waals surface area contributed by atoms with Crippen molar-refractivity contribution in [1.29, 1.82) is 0 Å². The van der Waals surface area contributed by atoms with Gasteiger partial charge in [0.05, 0.1) is 17.8 Å². The smallest absolute Gasteiger partial charge is 0.321 e. The molecule has 0 saturated carbocycles. The number of likely N-dealkylation sites (N-methyl/N-ethyl adjacent to an activating group) is 1. The minimum atomic E-state index is -0.515. The molecule has 1 aromatic rings. The van der Waals surface area contributed by atoms with E-state index in [1.807, 2.05) is 0 Å². The Morgan fingerprint density at radius 3 is 2.40 bits per heavy atom. The zero-order chi connectivity index (χ0) is 18.8. The summed E-state index contributed by atoms with van der Waals surface area (Å²) in [5, 5.41) is 8.02. The third kappa shape index (κ3) is 9.07. The average Bonchev–Trinajstić information content (AvgIpc) is 2.48. The van der Waals surface area contributed by atoms with Gasteiger partial charge in [-0.25, -0.2) is 4.79 Å². The lowest BCUT2D eigenvalue weighted by Crippen LogP contribution is -3.11. The minimum absolute atomic E-state index is 0.00748. The highest BCUT2D eigenvalue weighted by Gasteiger charge is 2.16. The molecule has 0 aliphatic rings. The average molecular weight is 370 g/mol. The van der Waals surface area contributed by atoms with Gasteiger partial charge in [0.25, 0.3) is 11.8 Å². The highest BCUT2D eigenvalue weighted by atomic mass is 35.5. The number of urea groups is 1. The molecule has 4 amide bonds. The largest absolute Gasteiger partial charge is 0.338 e. The summed E-state index contributed by atoms with van der Waals surface area (Å²) in [6.07, 6.45) is 0.842. The van der Waals surface area contributed by atoms with Crippen molar-refractivity contribution in [1.82, 2.24) is 10.6 Å². The molecule has 0 aromatic heterocycles. The number of quaternary nitrogens is 1. The number of hydrogen-bond donors (Lipinski definition) is 4. The van der Waals surface area contributed by atoms with Crippen LogP contribution in [0, 0.1) is 5.92 Å². The second kappa shape index (κ2) is 10.7. The van der Waals surface area contributed by atoms with Crippen LogP contribution in [0.3, 0.4) is 0 Å². The van der Waals surface area contributed by atoms with Crippen LogP contribution in [0.2, 0.25) is 5.02 Å². The van der Waals surface area contributed by atoms with Gasteiger partial charge in [-0.05, 0) is 24.5 Å². The van der Waals surface area contributed by atoms with Crippen molar-refractivity contribution in [3.8, 4) is 0 Å². The molecule has 0 fully saturated rings. The molecule has 1 unspecified atom stereocenters. The number of para-hydroxylation sites is 1. The summed E-state index contributed by atoms with van der Waals surface area (Å²) in [6.45, 7) is 4.70. The van der Waals surface area contributed by atoms with E-state index in [0.29, 0.717) is 28.1 Å². The number of amides is 4. The number of carbonyl (C=O) groups excluding carboxylic acids is 3. The van der Waals surface area contributed by atoms with Crippen molar-refractivity contribution in [3.05, 3.63) is 29.3 Å². The third-order valence-electron chi connectivity index (χ3n) is 3.33. The summed E-state index contributed by atoms with van der Waals surface area (Å²) in [6, 6.07) is 6.40. The molecule has 0 heterocycles. The van der Waals surface area contributed by atoms with E-state index in [2.05, 4.69) is 29.8 Å². The van der Waals surface area contributed by atoms with Crippen LogP contribution in [-0.2, 0) is 9.59 Å². The van der Waals surface area contributed by atoms with Crippen LogP contribution in [0.15, 0.2) is 24.3 Å². The van der Waals surface area contributed by atoms with Gasteiger partial charge >= 0.3 is 6.03 Å². The Kier molecular flexibility index (Phi) is 8.94. The van der Waals surface area contributed by atoms with Crippen molar-refractivity contribution in [2.45, 2.75) is 20.3 Å². The lowest BCUT2D eigenvalue weighted by Gasteiger charge is -2.14. The lowest BCUT2D eigenvalue weighted by molar-refractivity contribution is -0.862. The first-order chi connectivity index (χ1) is 11.8. The molecule has 1 rings (SSSR count). The molecule has 0 aliphatic heterocycles. The summed E-state index contributed by atoms with van der Waals surface area (Å²) >= 11 is 5.98. The zero-order valence-corrected chi connectivity index (χ0v) is 15.6. The summed E-state index contributed by atoms with van der Waals surface area (Å²) in [4.78, 5) is 36.0. The van der Waals surface area contributed by atoms with Crippen LogP contribution in [0.4, 0.5) is 10.5 Å². The van der Waals surface area contributed by atoms with E-state index < -0.39 is 11.9 Å². The second-order valence-corrected chi connectivity index (χ2v) is 6.73. The van der Waals surface area contributed by atoms with Gasteiger partial charge in [0, 0.05) is 6.54 Å². The Hall–Kier alpha value is -2.12. The molecule has 4 N–H and O–H groups in total. The molecule has 0 saturated heterocycles. The topological polar surface area (TPSA) is 91.7 Å². The molecule has 0 spiro atoms. The van der Waals surface area contributed by atoms with Crippen molar-refractivity contribution in [3.63, 3.8) is 0 Å². The Balaban J connectivity index is 2.31. The third-order valence-corrected chi connectivity index (χ3v) is 3.66. The van der Waals surface area contributed by atoms with Crippen LogP contribution in [-0.4, -0.2) is 44.5 Å². The van der Waals surface area contributed by atoms with Gasteiger partial charge in [-0.15, -0.1) is 0 Å². The second-order valence-electron chi connectivity index (χ2n) is 6.33. The first-order valence-electron chi connectivity index (χ1n) is 8.21. The molecule has 0 aliphatic carbocycles. The van der Waals surface area contributed by atoms with Gasteiger partial charge in [-0.1, -0.05) is 37.6 Å². The fourth-order valence-corrected chi connectivity index (χ4v) is 2.24. The van der Waals surface area contributed by atoms with E-state index >= 15 is 0 Å². The zero-order valence-electron chi connectivity index (χ0n) is 14.8. The summed E-state index contributed by atoms with van der Waals surface area (Å²) in [5.74, 6) is -0.229. The first-order valence-corrected chi connectivity index (χ1v) is 8.59. The monoisotopic (exact) mass is 369 g/mol. The normalized spacial score (nSPS) is 11.7. The Bertz CT molecular complexity index is 607. The lowest BCUT2D eigenvalue weighted by atomic mass is 10.1. The number of benzene rings is 1. The number of rotatable bonds is 8. The van der Waals surface area contributed by atoms with Gasteiger partial charge in [-0.3, -0.25) is 14.9 Å². The first kappa shape index (κ1) is 20.9.